The van der Waals surface area contributed by atoms with Gasteiger partial charge in [0.2, 0.25) is 0 Å². The largest absolute Gasteiger partial charge is 0.479 e. The molecule has 0 saturated carbocycles. The van der Waals surface area contributed by atoms with Crippen molar-refractivity contribution in [3.63, 3.8) is 0 Å². The molecule has 1 aromatic carbocycles. The van der Waals surface area contributed by atoms with Gasteiger partial charge < -0.3 is 19.6 Å². The predicted molar refractivity (Wildman–Crippen MR) is 72.2 cm³/mol. The highest BCUT2D eigenvalue weighted by atomic mass is 19.1. The minimum Gasteiger partial charge on any atom is -0.479 e. The maximum atomic E-state index is 13.6. The molecule has 1 unspecified atom stereocenters. The fourth-order valence-electron chi connectivity index (χ4n) is 2.16. The van der Waals surface area contributed by atoms with Crippen molar-refractivity contribution in [2.24, 2.45) is 0 Å². The third kappa shape index (κ3) is 3.69. The van der Waals surface area contributed by atoms with Crippen LogP contribution in [0.4, 0.5) is 9.18 Å². The zero-order valence-corrected chi connectivity index (χ0v) is 11.7. The van der Waals surface area contributed by atoms with Crippen LogP contribution < -0.4 is 0 Å². The number of morpholine rings is 1. The maximum Gasteiger partial charge on any atom is 0.334 e. The molecule has 0 radical (unpaired) electrons. The van der Waals surface area contributed by atoms with Crippen molar-refractivity contribution in [1.82, 2.24) is 9.80 Å². The van der Waals surface area contributed by atoms with Crippen molar-refractivity contribution in [2.45, 2.75) is 12.6 Å². The summed E-state index contributed by atoms with van der Waals surface area (Å²) in [6.45, 7) is 0.622. The number of carboxylic acid groups (broad SMARTS) is 1. The normalized spacial score (nSPS) is 18.4. The Morgan fingerprint density at radius 1 is 1.48 bits per heavy atom. The first-order valence-electron chi connectivity index (χ1n) is 6.57. The lowest BCUT2D eigenvalue weighted by atomic mass is 10.2. The molecule has 1 atom stereocenters. The number of benzene rings is 1. The number of carboxylic acids is 1. The van der Waals surface area contributed by atoms with Gasteiger partial charge in [0.25, 0.3) is 0 Å². The van der Waals surface area contributed by atoms with Gasteiger partial charge in [0.1, 0.15) is 5.82 Å². The van der Waals surface area contributed by atoms with E-state index in [0.29, 0.717) is 12.1 Å². The van der Waals surface area contributed by atoms with Gasteiger partial charge in [0.15, 0.2) is 6.10 Å². The van der Waals surface area contributed by atoms with Crippen LogP contribution in [-0.2, 0) is 16.1 Å². The molecule has 21 heavy (non-hydrogen) atoms. The predicted octanol–water partition coefficient (Wildman–Crippen LogP) is 1.16. The Kier molecular flexibility index (Phi) is 4.74. The zero-order chi connectivity index (χ0) is 15.4. The Hall–Kier alpha value is -2.15. The van der Waals surface area contributed by atoms with Crippen LogP contribution in [0, 0.1) is 5.82 Å². The molecule has 2 amide bonds. The molecule has 1 heterocycles. The van der Waals surface area contributed by atoms with Gasteiger partial charge in [-0.05, 0) is 6.07 Å². The molecular weight excluding hydrogens is 279 g/mol. The summed E-state index contributed by atoms with van der Waals surface area (Å²) in [7, 11) is 1.56. The standard InChI is InChI=1S/C14H17FN2O4/c1-16(8-10-4-2-3-5-11(10)15)14(20)17-6-7-21-12(9-17)13(18)19/h2-5,12H,6-9H2,1H3,(H,18,19). The molecule has 1 fully saturated rings. The summed E-state index contributed by atoms with van der Waals surface area (Å²) < 4.78 is 18.6. The van der Waals surface area contributed by atoms with Crippen LogP contribution in [0.2, 0.25) is 0 Å². The van der Waals surface area contributed by atoms with Crippen molar-refractivity contribution < 1.29 is 23.8 Å². The number of rotatable bonds is 3. The highest BCUT2D eigenvalue weighted by Gasteiger charge is 2.30. The Labute approximate surface area is 121 Å². The molecule has 0 spiro atoms. The molecule has 1 N–H and O–H groups in total. The van der Waals surface area contributed by atoms with Gasteiger partial charge >= 0.3 is 12.0 Å². The number of ether oxygens (including phenoxy) is 1. The number of hydrogen-bond acceptors (Lipinski definition) is 3. The number of hydrogen-bond donors (Lipinski definition) is 1. The summed E-state index contributed by atoms with van der Waals surface area (Å²) in [5.41, 5.74) is 0.413. The minimum atomic E-state index is -1.09. The number of urea groups is 1. The molecule has 0 bridgehead atoms. The van der Waals surface area contributed by atoms with Crippen molar-refractivity contribution in [2.75, 3.05) is 26.7 Å². The van der Waals surface area contributed by atoms with Gasteiger partial charge in [-0.3, -0.25) is 0 Å². The third-order valence-corrected chi connectivity index (χ3v) is 3.30. The van der Waals surface area contributed by atoms with E-state index in [1.54, 1.807) is 25.2 Å². The van der Waals surface area contributed by atoms with Gasteiger partial charge in [-0.15, -0.1) is 0 Å². The first-order chi connectivity index (χ1) is 9.99. The molecule has 7 heteroatoms. The van der Waals surface area contributed by atoms with Gasteiger partial charge in [-0.25, -0.2) is 14.0 Å². The van der Waals surface area contributed by atoms with Gasteiger partial charge in [0, 0.05) is 25.7 Å². The van der Waals surface area contributed by atoms with Gasteiger partial charge in [0.05, 0.1) is 13.2 Å². The summed E-state index contributed by atoms with van der Waals surface area (Å²) in [4.78, 5) is 25.9. The summed E-state index contributed by atoms with van der Waals surface area (Å²) in [5.74, 6) is -1.47. The second-order valence-corrected chi connectivity index (χ2v) is 4.87. The minimum absolute atomic E-state index is 0.00419. The highest BCUT2D eigenvalue weighted by Crippen LogP contribution is 2.12. The molecular formula is C14H17FN2O4. The van der Waals surface area contributed by atoms with Crippen molar-refractivity contribution in [1.29, 1.82) is 0 Å². The van der Waals surface area contributed by atoms with E-state index in [0.717, 1.165) is 0 Å². The van der Waals surface area contributed by atoms with Crippen molar-refractivity contribution in [3.8, 4) is 0 Å². The average molecular weight is 296 g/mol. The molecule has 6 nitrogen and oxygen atoms in total. The monoisotopic (exact) mass is 296 g/mol. The first kappa shape index (κ1) is 15.2. The van der Waals surface area contributed by atoms with Crippen LogP contribution in [0.5, 0.6) is 0 Å². The summed E-state index contributed by atoms with van der Waals surface area (Å²) in [6.07, 6.45) is -1.01. The Balaban J connectivity index is 1.99. The zero-order valence-electron chi connectivity index (χ0n) is 11.7. The van der Waals surface area contributed by atoms with E-state index >= 15 is 0 Å². The number of carbonyl (C=O) groups excluding carboxylic acids is 1. The number of carbonyl (C=O) groups is 2. The van der Waals surface area contributed by atoms with E-state index in [2.05, 4.69) is 0 Å². The van der Waals surface area contributed by atoms with Crippen LogP contribution >= 0.6 is 0 Å². The van der Waals surface area contributed by atoms with Crippen LogP contribution in [0.25, 0.3) is 0 Å². The number of aliphatic carboxylic acids is 1. The Morgan fingerprint density at radius 2 is 2.19 bits per heavy atom. The number of halogens is 1. The molecule has 1 saturated heterocycles. The van der Waals surface area contributed by atoms with E-state index in [9.17, 15) is 14.0 Å². The van der Waals surface area contributed by atoms with E-state index in [4.69, 9.17) is 9.84 Å². The van der Waals surface area contributed by atoms with E-state index < -0.39 is 12.1 Å². The number of amides is 2. The van der Waals surface area contributed by atoms with Gasteiger partial charge in [-0.1, -0.05) is 18.2 Å². The molecule has 1 aliphatic rings. The summed E-state index contributed by atoms with van der Waals surface area (Å²) in [5, 5.41) is 8.92. The Bertz CT molecular complexity index is 537. The van der Waals surface area contributed by atoms with E-state index in [1.807, 2.05) is 0 Å². The second-order valence-electron chi connectivity index (χ2n) is 4.87. The molecule has 1 aromatic rings. The van der Waals surface area contributed by atoms with Crippen molar-refractivity contribution in [3.05, 3.63) is 35.6 Å². The molecule has 0 aromatic heterocycles. The van der Waals surface area contributed by atoms with Gasteiger partial charge in [-0.2, -0.15) is 0 Å². The fraction of sp³-hybridized carbons (Fsp3) is 0.429. The topological polar surface area (TPSA) is 70.1 Å². The van der Waals surface area contributed by atoms with Crippen LogP contribution in [0.3, 0.4) is 0 Å². The summed E-state index contributed by atoms with van der Waals surface area (Å²) >= 11 is 0. The average Bonchev–Trinajstić information content (AvgIpc) is 2.49. The first-order valence-corrected chi connectivity index (χ1v) is 6.57. The van der Waals surface area contributed by atoms with Crippen LogP contribution in [0.15, 0.2) is 24.3 Å². The molecule has 1 aliphatic heterocycles. The molecule has 2 rings (SSSR count). The molecule has 0 aliphatic carbocycles. The van der Waals surface area contributed by atoms with E-state index in [-0.39, 0.29) is 31.5 Å². The van der Waals surface area contributed by atoms with Crippen LogP contribution in [0.1, 0.15) is 5.56 Å². The lowest BCUT2D eigenvalue weighted by Gasteiger charge is -2.33. The lowest BCUT2D eigenvalue weighted by Crippen LogP contribution is -2.51. The summed E-state index contributed by atoms with van der Waals surface area (Å²) in [6, 6.07) is 5.89. The maximum absolute atomic E-state index is 13.6. The smallest absolute Gasteiger partial charge is 0.334 e. The number of nitrogens with zero attached hydrogens (tertiary/aromatic N) is 2. The van der Waals surface area contributed by atoms with Crippen molar-refractivity contribution >= 4 is 12.0 Å². The quantitative estimate of drug-likeness (QED) is 0.909. The Morgan fingerprint density at radius 3 is 2.86 bits per heavy atom. The van der Waals surface area contributed by atoms with E-state index in [1.165, 1.54) is 15.9 Å². The molecule has 114 valence electrons. The SMILES string of the molecule is CN(Cc1ccccc1F)C(=O)N1CCOC(C(=O)O)C1. The van der Waals surface area contributed by atoms with Crippen LogP contribution in [-0.4, -0.2) is 59.8 Å². The lowest BCUT2D eigenvalue weighted by molar-refractivity contribution is -0.154. The third-order valence-electron chi connectivity index (χ3n) is 3.30. The second kappa shape index (κ2) is 6.53. The highest BCUT2D eigenvalue weighted by molar-refractivity contribution is 5.77. The fourth-order valence-corrected chi connectivity index (χ4v) is 2.16.